The van der Waals surface area contributed by atoms with Crippen LogP contribution in [0.2, 0.25) is 0 Å². The standard InChI is InChI=1S/C29H30N4O8/c30-12-26(36)40-28-22(38-24(34)9-16-14-32-20-7-3-1-5-18(16)20)11-23(29(28)41-27(37)13-31)39-25(35)10-17-15-33-21-8-4-2-6-19(17)21/h1-8,14-15,22-23,28-29,32-33H,9-13,30-31H2/t22-,23?,28+,29-/m1/s1. The molecule has 12 nitrogen and oxygen atoms in total. The van der Waals surface area contributed by atoms with Crippen LogP contribution in [0.15, 0.2) is 60.9 Å². The molecule has 2 aromatic carbocycles. The number of H-pyrrole nitrogens is 2. The van der Waals surface area contributed by atoms with Gasteiger partial charge < -0.3 is 40.4 Å². The number of rotatable bonds is 10. The number of fused-ring (bicyclic) bond motifs is 2. The molecule has 1 saturated carbocycles. The first-order valence-corrected chi connectivity index (χ1v) is 13.1. The average Bonchev–Trinajstić information content (AvgIpc) is 3.65. The first kappa shape index (κ1) is 27.9. The Kier molecular flexibility index (Phi) is 8.31. The minimum atomic E-state index is -1.26. The van der Waals surface area contributed by atoms with Crippen molar-refractivity contribution in [3.8, 4) is 0 Å². The van der Waals surface area contributed by atoms with E-state index >= 15 is 0 Å². The number of nitrogens with two attached hydrogens (primary N) is 2. The molecule has 0 radical (unpaired) electrons. The van der Waals surface area contributed by atoms with E-state index in [0.29, 0.717) is 11.1 Å². The first-order chi connectivity index (χ1) is 19.9. The van der Waals surface area contributed by atoms with Crippen LogP contribution in [0.4, 0.5) is 0 Å². The third kappa shape index (κ3) is 6.23. The summed E-state index contributed by atoms with van der Waals surface area (Å²) in [6.45, 7) is -0.926. The fourth-order valence-electron chi connectivity index (χ4n) is 5.12. The fraction of sp³-hybridized carbons (Fsp3) is 0.310. The van der Waals surface area contributed by atoms with Crippen molar-refractivity contribution in [2.45, 2.75) is 43.7 Å². The lowest BCUT2D eigenvalue weighted by atomic mass is 10.1. The number of benzene rings is 2. The van der Waals surface area contributed by atoms with E-state index in [1.54, 1.807) is 12.4 Å². The summed E-state index contributed by atoms with van der Waals surface area (Å²) in [5.41, 5.74) is 14.1. The quantitative estimate of drug-likeness (QED) is 0.162. The van der Waals surface area contributed by atoms with Gasteiger partial charge in [-0.3, -0.25) is 19.2 Å². The highest BCUT2D eigenvalue weighted by Crippen LogP contribution is 2.32. The minimum Gasteiger partial charge on any atom is -0.458 e. The number of ether oxygens (including phenoxy) is 4. The largest absolute Gasteiger partial charge is 0.458 e. The van der Waals surface area contributed by atoms with E-state index in [4.69, 9.17) is 30.4 Å². The Hall–Kier alpha value is -4.68. The molecule has 1 fully saturated rings. The van der Waals surface area contributed by atoms with Crippen molar-refractivity contribution in [3.05, 3.63) is 72.1 Å². The molecule has 1 aliphatic rings. The van der Waals surface area contributed by atoms with Gasteiger partial charge in [0.25, 0.3) is 0 Å². The number of carbonyl (C=O) groups excluding carboxylic acids is 4. The van der Waals surface area contributed by atoms with Crippen LogP contribution in [0.5, 0.6) is 0 Å². The molecule has 2 aromatic heterocycles. The zero-order valence-corrected chi connectivity index (χ0v) is 22.0. The highest BCUT2D eigenvalue weighted by Gasteiger charge is 2.52. The van der Waals surface area contributed by atoms with Crippen molar-refractivity contribution in [2.75, 3.05) is 13.1 Å². The molecule has 4 atom stereocenters. The third-order valence-corrected chi connectivity index (χ3v) is 6.97. The maximum atomic E-state index is 13.0. The van der Waals surface area contributed by atoms with Crippen molar-refractivity contribution >= 4 is 45.7 Å². The van der Waals surface area contributed by atoms with E-state index in [1.165, 1.54) is 0 Å². The number of nitrogens with one attached hydrogen (secondary N) is 2. The molecule has 0 spiro atoms. The molecule has 214 valence electrons. The Balaban J connectivity index is 1.34. The van der Waals surface area contributed by atoms with Crippen LogP contribution in [0.3, 0.4) is 0 Å². The summed E-state index contributed by atoms with van der Waals surface area (Å²) in [6, 6.07) is 15.0. The topological polar surface area (TPSA) is 189 Å². The second-order valence-corrected chi connectivity index (χ2v) is 9.68. The van der Waals surface area contributed by atoms with Crippen molar-refractivity contribution in [3.63, 3.8) is 0 Å². The van der Waals surface area contributed by atoms with Gasteiger partial charge in [-0.1, -0.05) is 36.4 Å². The van der Waals surface area contributed by atoms with E-state index in [-0.39, 0.29) is 19.3 Å². The van der Waals surface area contributed by atoms with Crippen LogP contribution in [-0.2, 0) is 51.0 Å². The molecule has 0 bridgehead atoms. The molecule has 12 heteroatoms. The molecule has 5 rings (SSSR count). The lowest BCUT2D eigenvalue weighted by molar-refractivity contribution is -0.181. The fourth-order valence-corrected chi connectivity index (χ4v) is 5.12. The lowest BCUT2D eigenvalue weighted by Gasteiger charge is -2.26. The van der Waals surface area contributed by atoms with Gasteiger partial charge in [0.1, 0.15) is 12.2 Å². The molecule has 0 saturated heterocycles. The average molecular weight is 563 g/mol. The van der Waals surface area contributed by atoms with E-state index in [1.807, 2.05) is 48.5 Å². The summed E-state index contributed by atoms with van der Waals surface area (Å²) in [5, 5.41) is 1.72. The van der Waals surface area contributed by atoms with E-state index in [9.17, 15) is 19.2 Å². The number of hydrogen-bond acceptors (Lipinski definition) is 10. The molecule has 2 heterocycles. The van der Waals surface area contributed by atoms with Gasteiger partial charge in [0, 0.05) is 40.6 Å². The highest BCUT2D eigenvalue weighted by atomic mass is 16.6. The van der Waals surface area contributed by atoms with Gasteiger partial charge in [-0.05, 0) is 23.3 Å². The monoisotopic (exact) mass is 562 g/mol. The Labute approximate surface area is 234 Å². The van der Waals surface area contributed by atoms with Crippen molar-refractivity contribution in [2.24, 2.45) is 11.5 Å². The van der Waals surface area contributed by atoms with Gasteiger partial charge in [-0.25, -0.2) is 0 Å². The number of hydrogen-bond donors (Lipinski definition) is 4. The van der Waals surface area contributed by atoms with Crippen LogP contribution in [0.25, 0.3) is 21.8 Å². The predicted octanol–water partition coefficient (Wildman–Crippen LogP) is 1.40. The van der Waals surface area contributed by atoms with Crippen LogP contribution >= 0.6 is 0 Å². The number of aromatic nitrogens is 2. The SMILES string of the molecule is NCC(=O)O[C@@H]1[C@H](OC(=O)CN)C(OC(=O)Cc2c[nH]c3ccccc23)C[C@H]1OC(=O)Cc1c[nH]c2ccccc12. The summed E-state index contributed by atoms with van der Waals surface area (Å²) in [7, 11) is 0. The molecule has 41 heavy (non-hydrogen) atoms. The lowest BCUT2D eigenvalue weighted by Crippen LogP contribution is -2.44. The number of carbonyl (C=O) groups is 4. The second kappa shape index (κ2) is 12.2. The molecule has 4 aromatic rings. The van der Waals surface area contributed by atoms with E-state index < -0.39 is 61.4 Å². The summed E-state index contributed by atoms with van der Waals surface area (Å²) in [4.78, 5) is 56.6. The smallest absolute Gasteiger partial charge is 0.320 e. The predicted molar refractivity (Wildman–Crippen MR) is 146 cm³/mol. The van der Waals surface area contributed by atoms with Gasteiger partial charge >= 0.3 is 23.9 Å². The summed E-state index contributed by atoms with van der Waals surface area (Å²) < 4.78 is 22.3. The first-order valence-electron chi connectivity index (χ1n) is 13.1. The molecular weight excluding hydrogens is 532 g/mol. The zero-order chi connectivity index (χ0) is 28.9. The second-order valence-electron chi connectivity index (χ2n) is 9.68. The number of para-hydroxylation sites is 2. The maximum absolute atomic E-state index is 13.0. The molecule has 0 aliphatic heterocycles. The molecular formula is C29H30N4O8. The summed E-state index contributed by atoms with van der Waals surface area (Å²) in [6.07, 6.45) is -1.48. The Morgan fingerprint density at radius 3 is 1.46 bits per heavy atom. The van der Waals surface area contributed by atoms with Gasteiger partial charge in [0.2, 0.25) is 0 Å². The maximum Gasteiger partial charge on any atom is 0.320 e. The Morgan fingerprint density at radius 2 is 1.05 bits per heavy atom. The molecule has 0 amide bonds. The zero-order valence-electron chi connectivity index (χ0n) is 22.0. The van der Waals surface area contributed by atoms with Crippen LogP contribution in [-0.4, -0.2) is 71.4 Å². The van der Waals surface area contributed by atoms with Crippen LogP contribution < -0.4 is 11.5 Å². The van der Waals surface area contributed by atoms with E-state index in [2.05, 4.69) is 9.97 Å². The molecule has 1 aliphatic carbocycles. The molecule has 1 unspecified atom stereocenters. The summed E-state index contributed by atoms with van der Waals surface area (Å²) in [5.74, 6) is -2.84. The Morgan fingerprint density at radius 1 is 0.634 bits per heavy atom. The van der Waals surface area contributed by atoms with Gasteiger partial charge in [0.15, 0.2) is 12.2 Å². The highest BCUT2D eigenvalue weighted by molar-refractivity contribution is 5.88. The summed E-state index contributed by atoms with van der Waals surface area (Å²) >= 11 is 0. The van der Waals surface area contributed by atoms with Crippen molar-refractivity contribution in [1.29, 1.82) is 0 Å². The number of aromatic amines is 2. The Bertz CT molecular complexity index is 1460. The van der Waals surface area contributed by atoms with E-state index in [0.717, 1.165) is 21.8 Å². The van der Waals surface area contributed by atoms with Crippen LogP contribution in [0.1, 0.15) is 17.5 Å². The number of esters is 4. The van der Waals surface area contributed by atoms with Gasteiger partial charge in [0.05, 0.1) is 25.9 Å². The minimum absolute atomic E-state index is 0.0731. The normalized spacial score (nSPS) is 20.1. The third-order valence-electron chi connectivity index (χ3n) is 6.97. The van der Waals surface area contributed by atoms with Crippen molar-refractivity contribution in [1.82, 2.24) is 9.97 Å². The molecule has 6 N–H and O–H groups in total. The van der Waals surface area contributed by atoms with Gasteiger partial charge in [-0.15, -0.1) is 0 Å². The van der Waals surface area contributed by atoms with Gasteiger partial charge in [-0.2, -0.15) is 0 Å². The van der Waals surface area contributed by atoms with Crippen LogP contribution in [0, 0.1) is 0 Å². The van der Waals surface area contributed by atoms with Crippen molar-refractivity contribution < 1.29 is 38.1 Å².